The molecular formula is C11H20FNO2. The molecule has 0 aromatic heterocycles. The maximum absolute atomic E-state index is 13.7. The van der Waals surface area contributed by atoms with E-state index in [0.717, 1.165) is 0 Å². The van der Waals surface area contributed by atoms with Gasteiger partial charge in [0, 0.05) is 0 Å². The summed E-state index contributed by atoms with van der Waals surface area (Å²) in [5.74, 6) is 0.469. The third-order valence-corrected chi connectivity index (χ3v) is 2.66. The highest BCUT2D eigenvalue weighted by atomic mass is 19.1. The molecule has 2 unspecified atom stereocenters. The molecule has 2 atom stereocenters. The Balaban J connectivity index is 2.53. The lowest BCUT2D eigenvalue weighted by atomic mass is 9.87. The van der Waals surface area contributed by atoms with Gasteiger partial charge >= 0.3 is 0 Å². The van der Waals surface area contributed by atoms with Crippen molar-refractivity contribution in [2.75, 3.05) is 13.2 Å². The van der Waals surface area contributed by atoms with Crippen LogP contribution in [0.2, 0.25) is 0 Å². The molecule has 1 N–H and O–H groups in total. The molecule has 0 aromatic carbocycles. The Morgan fingerprint density at radius 1 is 1.67 bits per heavy atom. The van der Waals surface area contributed by atoms with E-state index in [1.165, 1.54) is 0 Å². The third-order valence-electron chi connectivity index (χ3n) is 2.66. The maximum atomic E-state index is 13.7. The lowest BCUT2D eigenvalue weighted by Gasteiger charge is -2.52. The van der Waals surface area contributed by atoms with E-state index in [4.69, 9.17) is 9.84 Å². The lowest BCUT2D eigenvalue weighted by molar-refractivity contribution is -0.136. The molecule has 1 aliphatic heterocycles. The van der Waals surface area contributed by atoms with Gasteiger partial charge in [0.05, 0.1) is 19.2 Å². The summed E-state index contributed by atoms with van der Waals surface area (Å²) in [6.45, 7) is 10.9. The van der Waals surface area contributed by atoms with Crippen LogP contribution in [0.15, 0.2) is 12.5 Å². The minimum atomic E-state index is -1.51. The molecule has 1 rings (SSSR count). The summed E-state index contributed by atoms with van der Waals surface area (Å²) in [4.78, 5) is 1.72. The van der Waals surface area contributed by atoms with Crippen LogP contribution in [0.5, 0.6) is 0 Å². The van der Waals surface area contributed by atoms with Crippen LogP contribution in [0.25, 0.3) is 0 Å². The summed E-state index contributed by atoms with van der Waals surface area (Å²) < 4.78 is 19.2. The van der Waals surface area contributed by atoms with Gasteiger partial charge in [-0.1, -0.05) is 0 Å². The highest BCUT2D eigenvalue weighted by Gasteiger charge is 2.51. The van der Waals surface area contributed by atoms with E-state index in [2.05, 4.69) is 6.58 Å². The van der Waals surface area contributed by atoms with Crippen LogP contribution in [0, 0.1) is 0 Å². The molecular weight excluding hydrogens is 197 g/mol. The molecule has 0 aliphatic carbocycles. The number of aliphatic hydroxyl groups excluding tert-OH is 1. The van der Waals surface area contributed by atoms with E-state index >= 15 is 0 Å². The lowest BCUT2D eigenvalue weighted by Crippen LogP contribution is -2.67. The van der Waals surface area contributed by atoms with E-state index in [1.807, 2.05) is 20.8 Å². The Hall–Kier alpha value is -0.770. The van der Waals surface area contributed by atoms with Crippen LogP contribution in [0.1, 0.15) is 27.7 Å². The standard InChI is InChI=1S/C11H20FNO2/c1-8-11(12,7-14)6-13(8)9(2)15-10(3,4)5/h8,14H,2,6-7H2,1,3-5H3. The molecule has 0 aromatic rings. The summed E-state index contributed by atoms with van der Waals surface area (Å²) in [6.07, 6.45) is 0. The number of halogens is 1. The van der Waals surface area contributed by atoms with Crippen LogP contribution in [-0.4, -0.2) is 40.5 Å². The summed E-state index contributed by atoms with van der Waals surface area (Å²) in [5, 5.41) is 8.88. The average Bonchev–Trinajstić information content (AvgIpc) is 2.10. The molecule has 3 nitrogen and oxygen atoms in total. The van der Waals surface area contributed by atoms with Gasteiger partial charge in [-0.3, -0.25) is 0 Å². The van der Waals surface area contributed by atoms with Gasteiger partial charge in [-0.05, 0) is 34.3 Å². The molecule has 0 spiro atoms. The number of ether oxygens (including phenoxy) is 1. The van der Waals surface area contributed by atoms with Gasteiger partial charge in [-0.15, -0.1) is 0 Å². The van der Waals surface area contributed by atoms with Crippen LogP contribution < -0.4 is 0 Å². The first kappa shape index (κ1) is 12.3. The zero-order valence-electron chi connectivity index (χ0n) is 9.88. The van der Waals surface area contributed by atoms with E-state index in [-0.39, 0.29) is 18.2 Å². The van der Waals surface area contributed by atoms with Gasteiger partial charge in [-0.2, -0.15) is 0 Å². The van der Waals surface area contributed by atoms with Crippen molar-refractivity contribution in [2.45, 2.75) is 45.0 Å². The van der Waals surface area contributed by atoms with Gasteiger partial charge in [0.1, 0.15) is 5.60 Å². The van der Waals surface area contributed by atoms with Gasteiger partial charge in [-0.25, -0.2) is 4.39 Å². The summed E-state index contributed by atoms with van der Waals surface area (Å²) in [6, 6.07) is -0.377. The first-order valence-corrected chi connectivity index (χ1v) is 5.14. The minimum absolute atomic E-state index is 0.152. The summed E-state index contributed by atoms with van der Waals surface area (Å²) in [5.41, 5.74) is -1.84. The number of alkyl halides is 1. The number of hydrogen-bond donors (Lipinski definition) is 1. The van der Waals surface area contributed by atoms with Crippen LogP contribution in [0.4, 0.5) is 4.39 Å². The summed E-state index contributed by atoms with van der Waals surface area (Å²) in [7, 11) is 0. The molecule has 1 heterocycles. The highest BCUT2D eigenvalue weighted by Crippen LogP contribution is 2.36. The second kappa shape index (κ2) is 3.67. The zero-order valence-corrected chi connectivity index (χ0v) is 9.88. The van der Waals surface area contributed by atoms with Gasteiger partial charge < -0.3 is 14.7 Å². The van der Waals surface area contributed by atoms with Gasteiger partial charge in [0.15, 0.2) is 11.6 Å². The van der Waals surface area contributed by atoms with Crippen molar-refractivity contribution in [1.82, 2.24) is 4.90 Å². The number of nitrogens with zero attached hydrogens (tertiary/aromatic N) is 1. The minimum Gasteiger partial charge on any atom is -0.474 e. The average molecular weight is 217 g/mol. The molecule has 1 fully saturated rings. The van der Waals surface area contributed by atoms with Crippen LogP contribution in [0.3, 0.4) is 0 Å². The quantitative estimate of drug-likeness (QED) is 0.730. The predicted molar refractivity (Wildman–Crippen MR) is 57.1 cm³/mol. The second-order valence-corrected chi connectivity index (χ2v) is 5.10. The highest BCUT2D eigenvalue weighted by molar-refractivity contribution is 5.10. The maximum Gasteiger partial charge on any atom is 0.182 e. The Labute approximate surface area is 90.5 Å². The third kappa shape index (κ3) is 2.43. The molecule has 0 saturated carbocycles. The largest absolute Gasteiger partial charge is 0.474 e. The monoisotopic (exact) mass is 217 g/mol. The van der Waals surface area contributed by atoms with Crippen molar-refractivity contribution >= 4 is 0 Å². The van der Waals surface area contributed by atoms with Crippen LogP contribution >= 0.6 is 0 Å². The normalized spacial score (nSPS) is 31.1. The topological polar surface area (TPSA) is 32.7 Å². The zero-order chi connectivity index (χ0) is 11.9. The molecule has 0 bridgehead atoms. The van der Waals surface area contributed by atoms with Crippen molar-refractivity contribution in [3.63, 3.8) is 0 Å². The van der Waals surface area contributed by atoms with Gasteiger partial charge in [0.25, 0.3) is 0 Å². The Morgan fingerprint density at radius 2 is 2.20 bits per heavy atom. The predicted octanol–water partition coefficient (Wildman–Crippen LogP) is 1.68. The number of aliphatic hydroxyl groups is 1. The van der Waals surface area contributed by atoms with Gasteiger partial charge in [0.2, 0.25) is 0 Å². The number of rotatable bonds is 3. The smallest absolute Gasteiger partial charge is 0.182 e. The SMILES string of the molecule is C=C(OC(C)(C)C)N1CC(F)(CO)C1C. The Morgan fingerprint density at radius 3 is 2.53 bits per heavy atom. The number of hydrogen-bond acceptors (Lipinski definition) is 3. The molecule has 4 heteroatoms. The van der Waals surface area contributed by atoms with Crippen molar-refractivity contribution in [1.29, 1.82) is 0 Å². The van der Waals surface area contributed by atoms with E-state index in [9.17, 15) is 4.39 Å². The first-order valence-electron chi connectivity index (χ1n) is 5.14. The van der Waals surface area contributed by atoms with Crippen molar-refractivity contribution in [3.05, 3.63) is 12.5 Å². The fourth-order valence-corrected chi connectivity index (χ4v) is 1.62. The molecule has 15 heavy (non-hydrogen) atoms. The fourth-order valence-electron chi connectivity index (χ4n) is 1.62. The first-order chi connectivity index (χ1) is 6.69. The number of likely N-dealkylation sites (tertiary alicyclic amines) is 1. The van der Waals surface area contributed by atoms with Crippen molar-refractivity contribution < 1.29 is 14.2 Å². The van der Waals surface area contributed by atoms with Crippen molar-refractivity contribution in [3.8, 4) is 0 Å². The molecule has 1 saturated heterocycles. The van der Waals surface area contributed by atoms with Crippen molar-refractivity contribution in [2.24, 2.45) is 0 Å². The Kier molecular flexibility index (Phi) is 3.01. The molecule has 0 radical (unpaired) electrons. The van der Waals surface area contributed by atoms with Crippen LogP contribution in [-0.2, 0) is 4.74 Å². The molecule has 1 aliphatic rings. The van der Waals surface area contributed by atoms with E-state index in [0.29, 0.717) is 5.88 Å². The Bertz CT molecular complexity index is 262. The molecule has 0 amide bonds. The molecule has 88 valence electrons. The van der Waals surface area contributed by atoms with E-state index in [1.54, 1.807) is 11.8 Å². The second-order valence-electron chi connectivity index (χ2n) is 5.10. The fraction of sp³-hybridized carbons (Fsp3) is 0.818. The summed E-state index contributed by atoms with van der Waals surface area (Å²) >= 11 is 0. The van der Waals surface area contributed by atoms with E-state index < -0.39 is 12.3 Å².